The van der Waals surface area contributed by atoms with Crippen LogP contribution < -0.4 is 15.2 Å². The van der Waals surface area contributed by atoms with Crippen molar-refractivity contribution in [1.82, 2.24) is 0 Å². The van der Waals surface area contributed by atoms with Crippen molar-refractivity contribution in [1.29, 1.82) is 0 Å². The quantitative estimate of drug-likeness (QED) is 0.291. The van der Waals surface area contributed by atoms with Gasteiger partial charge in [0, 0.05) is 23.2 Å². The maximum Gasteiger partial charge on any atom is 0.341 e. The first-order chi connectivity index (χ1) is 17.5. The molecule has 0 aliphatic carbocycles. The SMILES string of the molecule is CCOC(=O)Cc1ccccc1OCc1cc(-c2cccc(CN)c2)c2occc2c1OCC(=O)O. The molecular formula is C28H27NO7. The number of furan rings is 1. The Morgan fingerprint density at radius 1 is 1.00 bits per heavy atom. The Balaban J connectivity index is 1.74. The van der Waals surface area contributed by atoms with Gasteiger partial charge in [-0.1, -0.05) is 36.4 Å². The van der Waals surface area contributed by atoms with Crippen LogP contribution in [0, 0.1) is 0 Å². The third kappa shape index (κ3) is 5.67. The fraction of sp³-hybridized carbons (Fsp3) is 0.214. The van der Waals surface area contributed by atoms with Gasteiger partial charge in [-0.2, -0.15) is 0 Å². The third-order valence-corrected chi connectivity index (χ3v) is 5.57. The lowest BCUT2D eigenvalue weighted by molar-refractivity contribution is -0.142. The molecule has 0 aliphatic heterocycles. The molecule has 3 N–H and O–H groups in total. The summed E-state index contributed by atoms with van der Waals surface area (Å²) in [4.78, 5) is 23.3. The molecule has 0 bridgehead atoms. The Hall–Kier alpha value is -4.30. The second kappa shape index (κ2) is 11.4. The average Bonchev–Trinajstić information content (AvgIpc) is 3.37. The summed E-state index contributed by atoms with van der Waals surface area (Å²) in [6, 6.07) is 18.6. The monoisotopic (exact) mass is 489 g/mol. The smallest absolute Gasteiger partial charge is 0.341 e. The summed E-state index contributed by atoms with van der Waals surface area (Å²) >= 11 is 0. The first-order valence-corrected chi connectivity index (χ1v) is 11.5. The first-order valence-electron chi connectivity index (χ1n) is 11.5. The summed E-state index contributed by atoms with van der Waals surface area (Å²) in [5.74, 6) is -0.560. The van der Waals surface area contributed by atoms with Gasteiger partial charge in [0.1, 0.15) is 23.7 Å². The van der Waals surface area contributed by atoms with Crippen LogP contribution in [0.3, 0.4) is 0 Å². The zero-order chi connectivity index (χ0) is 25.5. The van der Waals surface area contributed by atoms with Crippen molar-refractivity contribution in [3.8, 4) is 22.6 Å². The van der Waals surface area contributed by atoms with Crippen LogP contribution in [-0.4, -0.2) is 30.3 Å². The van der Waals surface area contributed by atoms with Gasteiger partial charge >= 0.3 is 11.9 Å². The Morgan fingerprint density at radius 2 is 1.83 bits per heavy atom. The number of hydrogen-bond acceptors (Lipinski definition) is 7. The van der Waals surface area contributed by atoms with E-state index in [2.05, 4.69) is 0 Å². The highest BCUT2D eigenvalue weighted by Crippen LogP contribution is 2.39. The minimum Gasteiger partial charge on any atom is -0.488 e. The van der Waals surface area contributed by atoms with E-state index in [9.17, 15) is 14.7 Å². The molecule has 36 heavy (non-hydrogen) atoms. The third-order valence-electron chi connectivity index (χ3n) is 5.57. The summed E-state index contributed by atoms with van der Waals surface area (Å²) < 4.78 is 22.7. The number of aliphatic carboxylic acids is 1. The summed E-state index contributed by atoms with van der Waals surface area (Å²) in [6.07, 6.45) is 1.61. The molecular weight excluding hydrogens is 462 g/mol. The van der Waals surface area contributed by atoms with Crippen molar-refractivity contribution < 1.29 is 33.3 Å². The normalized spacial score (nSPS) is 10.8. The lowest BCUT2D eigenvalue weighted by Gasteiger charge is -2.16. The van der Waals surface area contributed by atoms with Crippen molar-refractivity contribution in [2.75, 3.05) is 13.2 Å². The molecule has 0 unspecified atom stereocenters. The molecule has 3 aromatic carbocycles. The van der Waals surface area contributed by atoms with E-state index in [0.717, 1.165) is 16.7 Å². The second-order valence-electron chi connectivity index (χ2n) is 8.04. The highest BCUT2D eigenvalue weighted by atomic mass is 16.5. The van der Waals surface area contributed by atoms with Crippen molar-refractivity contribution in [3.63, 3.8) is 0 Å². The molecule has 8 heteroatoms. The van der Waals surface area contributed by atoms with Crippen molar-refractivity contribution in [2.45, 2.75) is 26.5 Å². The molecule has 0 aliphatic rings. The van der Waals surface area contributed by atoms with E-state index in [4.69, 9.17) is 24.4 Å². The number of carboxylic acid groups (broad SMARTS) is 1. The van der Waals surface area contributed by atoms with E-state index < -0.39 is 12.6 Å². The van der Waals surface area contributed by atoms with Crippen LogP contribution >= 0.6 is 0 Å². The zero-order valence-electron chi connectivity index (χ0n) is 19.9. The van der Waals surface area contributed by atoms with Gasteiger partial charge in [-0.25, -0.2) is 4.79 Å². The standard InChI is InChI=1S/C28H27NO7/c1-2-33-26(32)14-20-7-3-4-9-24(20)35-16-21-13-23(19-8-5-6-18(12-19)15-29)28-22(10-11-34-28)27(21)36-17-25(30)31/h3-13H,2,14-17,29H2,1H3,(H,30,31). The molecule has 1 heterocycles. The number of nitrogens with two attached hydrogens (primary N) is 1. The minimum atomic E-state index is -1.10. The van der Waals surface area contributed by atoms with Crippen molar-refractivity contribution >= 4 is 22.9 Å². The van der Waals surface area contributed by atoms with Gasteiger partial charge in [-0.3, -0.25) is 4.79 Å². The predicted molar refractivity (Wildman–Crippen MR) is 134 cm³/mol. The van der Waals surface area contributed by atoms with Crippen molar-refractivity contribution in [2.24, 2.45) is 5.73 Å². The molecule has 0 radical (unpaired) electrons. The molecule has 0 saturated carbocycles. The highest BCUT2D eigenvalue weighted by molar-refractivity contribution is 5.97. The number of para-hydroxylation sites is 1. The largest absolute Gasteiger partial charge is 0.488 e. The van der Waals surface area contributed by atoms with E-state index >= 15 is 0 Å². The van der Waals surface area contributed by atoms with E-state index in [-0.39, 0.29) is 19.0 Å². The minimum absolute atomic E-state index is 0.0689. The first kappa shape index (κ1) is 24.8. The van der Waals surface area contributed by atoms with Crippen molar-refractivity contribution in [3.05, 3.63) is 83.6 Å². The maximum atomic E-state index is 12.0. The fourth-order valence-corrected chi connectivity index (χ4v) is 3.98. The number of carboxylic acids is 1. The highest BCUT2D eigenvalue weighted by Gasteiger charge is 2.19. The Labute approximate surface area is 208 Å². The summed E-state index contributed by atoms with van der Waals surface area (Å²) in [7, 11) is 0. The van der Waals surface area contributed by atoms with Gasteiger partial charge in [0.2, 0.25) is 0 Å². The van der Waals surface area contributed by atoms with Crippen LogP contribution in [0.5, 0.6) is 11.5 Å². The lowest BCUT2D eigenvalue weighted by atomic mass is 9.98. The molecule has 0 saturated heterocycles. The number of rotatable bonds is 11. The number of carbonyl (C=O) groups is 2. The average molecular weight is 490 g/mol. The number of ether oxygens (including phenoxy) is 3. The summed E-state index contributed by atoms with van der Waals surface area (Å²) in [5, 5.41) is 9.85. The van der Waals surface area contributed by atoms with E-state index in [1.807, 2.05) is 42.5 Å². The Morgan fingerprint density at radius 3 is 2.61 bits per heavy atom. The molecule has 0 amide bonds. The molecule has 4 aromatic rings. The van der Waals surface area contributed by atoms with E-state index in [1.165, 1.54) is 6.26 Å². The second-order valence-corrected chi connectivity index (χ2v) is 8.04. The molecule has 0 fully saturated rings. The molecule has 8 nitrogen and oxygen atoms in total. The van der Waals surface area contributed by atoms with Gasteiger partial charge in [0.15, 0.2) is 6.61 Å². The van der Waals surface area contributed by atoms with E-state index in [0.29, 0.717) is 46.7 Å². The summed E-state index contributed by atoms with van der Waals surface area (Å²) in [6.45, 7) is 1.99. The van der Waals surface area contributed by atoms with Gasteiger partial charge in [-0.05, 0) is 42.3 Å². The lowest BCUT2D eigenvalue weighted by Crippen LogP contribution is -2.12. The number of esters is 1. The molecule has 1 aromatic heterocycles. The van der Waals surface area contributed by atoms with Gasteiger partial charge in [0.05, 0.1) is 24.7 Å². The van der Waals surface area contributed by atoms with E-state index in [1.54, 1.807) is 25.1 Å². The van der Waals surface area contributed by atoms with Crippen LogP contribution in [0.1, 0.15) is 23.6 Å². The number of benzene rings is 3. The van der Waals surface area contributed by atoms with Crippen LogP contribution in [0.4, 0.5) is 0 Å². The van der Waals surface area contributed by atoms with Gasteiger partial charge in [-0.15, -0.1) is 0 Å². The molecule has 0 atom stereocenters. The number of fused-ring (bicyclic) bond motifs is 1. The Kier molecular flexibility index (Phi) is 7.87. The van der Waals surface area contributed by atoms with Crippen LogP contribution in [0.25, 0.3) is 22.1 Å². The summed E-state index contributed by atoms with van der Waals surface area (Å²) in [5.41, 5.74) is 10.4. The predicted octanol–water partition coefficient (Wildman–Crippen LogP) is 4.71. The Bertz CT molecular complexity index is 1380. The van der Waals surface area contributed by atoms with Crippen LogP contribution in [0.15, 0.2) is 71.3 Å². The number of carbonyl (C=O) groups excluding carboxylic acids is 1. The molecule has 4 rings (SSSR count). The fourth-order valence-electron chi connectivity index (χ4n) is 3.98. The van der Waals surface area contributed by atoms with Crippen LogP contribution in [0.2, 0.25) is 0 Å². The van der Waals surface area contributed by atoms with Crippen LogP contribution in [-0.2, 0) is 33.9 Å². The molecule has 186 valence electrons. The maximum absolute atomic E-state index is 12.0. The molecule has 0 spiro atoms. The van der Waals surface area contributed by atoms with Gasteiger partial charge in [0.25, 0.3) is 0 Å². The zero-order valence-corrected chi connectivity index (χ0v) is 19.9. The topological polar surface area (TPSA) is 121 Å². The number of hydrogen-bond donors (Lipinski definition) is 2. The van der Waals surface area contributed by atoms with Gasteiger partial charge < -0.3 is 29.5 Å².